The molecule has 1 atom stereocenters. The molecule has 1 aliphatic heterocycles. The summed E-state index contributed by atoms with van der Waals surface area (Å²) in [5.74, 6) is 0.0986. The molecule has 104 valence electrons. The molecule has 4 nitrogen and oxygen atoms in total. The Hall–Kier alpha value is -0.610. The number of nitrogens with one attached hydrogen (secondary N) is 1. The zero-order valence-corrected chi connectivity index (χ0v) is 11.6. The van der Waals surface area contributed by atoms with Gasteiger partial charge < -0.3 is 10.4 Å². The van der Waals surface area contributed by atoms with Gasteiger partial charge in [-0.05, 0) is 46.1 Å². The zero-order chi connectivity index (χ0) is 13.2. The molecule has 1 amide bonds. The van der Waals surface area contributed by atoms with Crippen molar-refractivity contribution in [2.45, 2.75) is 70.1 Å². The van der Waals surface area contributed by atoms with Crippen LogP contribution in [0.15, 0.2) is 0 Å². The van der Waals surface area contributed by atoms with E-state index in [4.69, 9.17) is 0 Å². The Balaban J connectivity index is 1.88. The molecular formula is C14H26N2O2. The van der Waals surface area contributed by atoms with Crippen LogP contribution in [0.4, 0.5) is 0 Å². The van der Waals surface area contributed by atoms with Gasteiger partial charge in [-0.15, -0.1) is 0 Å². The molecule has 2 fully saturated rings. The second-order valence-electron chi connectivity index (χ2n) is 6.36. The Morgan fingerprint density at radius 3 is 2.56 bits per heavy atom. The highest BCUT2D eigenvalue weighted by Crippen LogP contribution is 2.30. The van der Waals surface area contributed by atoms with Gasteiger partial charge in [0, 0.05) is 12.6 Å². The lowest BCUT2D eigenvalue weighted by atomic mass is 10.1. The SMILES string of the molecule is CC(C)(O)CNC(=O)C1CCCN1C1CCCC1. The zero-order valence-electron chi connectivity index (χ0n) is 11.6. The molecular weight excluding hydrogens is 228 g/mol. The van der Waals surface area contributed by atoms with Crippen molar-refractivity contribution in [2.24, 2.45) is 0 Å². The van der Waals surface area contributed by atoms with E-state index in [0.717, 1.165) is 19.4 Å². The third kappa shape index (κ3) is 3.45. The van der Waals surface area contributed by atoms with Gasteiger partial charge in [-0.2, -0.15) is 0 Å². The maximum absolute atomic E-state index is 12.2. The van der Waals surface area contributed by atoms with Crippen molar-refractivity contribution in [3.8, 4) is 0 Å². The van der Waals surface area contributed by atoms with E-state index < -0.39 is 5.60 Å². The molecule has 0 aromatic heterocycles. The fourth-order valence-electron chi connectivity index (χ4n) is 3.16. The van der Waals surface area contributed by atoms with E-state index >= 15 is 0 Å². The van der Waals surface area contributed by atoms with Crippen molar-refractivity contribution in [1.29, 1.82) is 0 Å². The Bertz CT molecular complexity index is 293. The summed E-state index contributed by atoms with van der Waals surface area (Å²) in [7, 11) is 0. The van der Waals surface area contributed by atoms with Crippen LogP contribution in [0.25, 0.3) is 0 Å². The number of carbonyl (C=O) groups excluding carboxylic acids is 1. The smallest absolute Gasteiger partial charge is 0.237 e. The van der Waals surface area contributed by atoms with Gasteiger partial charge in [-0.25, -0.2) is 0 Å². The highest BCUT2D eigenvalue weighted by Gasteiger charge is 2.36. The molecule has 18 heavy (non-hydrogen) atoms. The van der Waals surface area contributed by atoms with Gasteiger partial charge in [0.1, 0.15) is 0 Å². The lowest BCUT2D eigenvalue weighted by Crippen LogP contribution is -2.49. The van der Waals surface area contributed by atoms with Crippen LogP contribution in [0.1, 0.15) is 52.4 Å². The lowest BCUT2D eigenvalue weighted by molar-refractivity contribution is -0.127. The molecule has 2 rings (SSSR count). The summed E-state index contributed by atoms with van der Waals surface area (Å²) in [6.45, 7) is 4.83. The Morgan fingerprint density at radius 2 is 1.94 bits per heavy atom. The van der Waals surface area contributed by atoms with Crippen molar-refractivity contribution in [1.82, 2.24) is 10.2 Å². The van der Waals surface area contributed by atoms with Crippen LogP contribution in [0.5, 0.6) is 0 Å². The van der Waals surface area contributed by atoms with Crippen molar-refractivity contribution >= 4 is 5.91 Å². The predicted molar refractivity (Wildman–Crippen MR) is 71.3 cm³/mol. The first kappa shape index (κ1) is 13.8. The molecule has 1 heterocycles. The minimum absolute atomic E-state index is 0.0375. The maximum Gasteiger partial charge on any atom is 0.237 e. The minimum atomic E-state index is -0.827. The molecule has 0 aromatic rings. The first-order valence-corrected chi connectivity index (χ1v) is 7.23. The first-order valence-electron chi connectivity index (χ1n) is 7.23. The molecule has 0 spiro atoms. The van der Waals surface area contributed by atoms with E-state index in [1.54, 1.807) is 13.8 Å². The Morgan fingerprint density at radius 1 is 1.28 bits per heavy atom. The Kier molecular flexibility index (Phi) is 4.28. The monoisotopic (exact) mass is 254 g/mol. The van der Waals surface area contributed by atoms with Crippen LogP contribution >= 0.6 is 0 Å². The summed E-state index contributed by atoms with van der Waals surface area (Å²) in [5, 5.41) is 12.5. The fourth-order valence-corrected chi connectivity index (χ4v) is 3.16. The van der Waals surface area contributed by atoms with Crippen LogP contribution < -0.4 is 5.32 Å². The molecule has 0 aromatic carbocycles. The van der Waals surface area contributed by atoms with E-state index in [0.29, 0.717) is 12.6 Å². The van der Waals surface area contributed by atoms with Gasteiger partial charge in [0.15, 0.2) is 0 Å². The van der Waals surface area contributed by atoms with Crippen LogP contribution in [0, 0.1) is 0 Å². The maximum atomic E-state index is 12.2. The third-order valence-electron chi connectivity index (χ3n) is 4.09. The largest absolute Gasteiger partial charge is 0.389 e. The van der Waals surface area contributed by atoms with Crippen LogP contribution in [0.2, 0.25) is 0 Å². The first-order chi connectivity index (χ1) is 8.47. The number of likely N-dealkylation sites (tertiary alicyclic amines) is 1. The summed E-state index contributed by atoms with van der Waals surface area (Å²) >= 11 is 0. The number of carbonyl (C=O) groups is 1. The second-order valence-corrected chi connectivity index (χ2v) is 6.36. The molecule has 0 radical (unpaired) electrons. The highest BCUT2D eigenvalue weighted by molar-refractivity contribution is 5.82. The summed E-state index contributed by atoms with van der Waals surface area (Å²) in [6, 6.07) is 0.654. The third-order valence-corrected chi connectivity index (χ3v) is 4.09. The topological polar surface area (TPSA) is 52.6 Å². The molecule has 2 N–H and O–H groups in total. The van der Waals surface area contributed by atoms with Crippen molar-refractivity contribution in [3.63, 3.8) is 0 Å². The molecule has 1 saturated carbocycles. The highest BCUT2D eigenvalue weighted by atomic mass is 16.3. The molecule has 1 aliphatic carbocycles. The molecule has 1 saturated heterocycles. The number of nitrogens with zero attached hydrogens (tertiary/aromatic N) is 1. The van der Waals surface area contributed by atoms with Crippen LogP contribution in [-0.4, -0.2) is 46.7 Å². The molecule has 0 bridgehead atoms. The quantitative estimate of drug-likeness (QED) is 0.794. The van der Waals surface area contributed by atoms with Gasteiger partial charge in [0.05, 0.1) is 11.6 Å². The van der Waals surface area contributed by atoms with E-state index in [1.165, 1.54) is 25.7 Å². The standard InChI is InChI=1S/C14H26N2O2/c1-14(2,18)10-15-13(17)12-8-5-9-16(12)11-6-3-4-7-11/h11-12,18H,3-10H2,1-2H3,(H,15,17). The average molecular weight is 254 g/mol. The minimum Gasteiger partial charge on any atom is -0.389 e. The second kappa shape index (κ2) is 5.57. The number of rotatable bonds is 4. The Labute approximate surface area is 110 Å². The number of hydrogen-bond donors (Lipinski definition) is 2. The fraction of sp³-hybridized carbons (Fsp3) is 0.929. The van der Waals surface area contributed by atoms with E-state index in [1.807, 2.05) is 0 Å². The summed E-state index contributed by atoms with van der Waals surface area (Å²) < 4.78 is 0. The summed E-state index contributed by atoms with van der Waals surface area (Å²) in [6.07, 6.45) is 7.19. The van der Waals surface area contributed by atoms with Gasteiger partial charge in [0.25, 0.3) is 0 Å². The van der Waals surface area contributed by atoms with E-state index in [2.05, 4.69) is 10.2 Å². The van der Waals surface area contributed by atoms with Gasteiger partial charge in [-0.3, -0.25) is 9.69 Å². The van der Waals surface area contributed by atoms with Crippen molar-refractivity contribution in [2.75, 3.05) is 13.1 Å². The van der Waals surface area contributed by atoms with Gasteiger partial charge in [0.2, 0.25) is 5.91 Å². The van der Waals surface area contributed by atoms with E-state index in [-0.39, 0.29) is 11.9 Å². The van der Waals surface area contributed by atoms with Crippen molar-refractivity contribution < 1.29 is 9.90 Å². The lowest BCUT2D eigenvalue weighted by Gasteiger charge is -2.30. The van der Waals surface area contributed by atoms with Gasteiger partial charge in [-0.1, -0.05) is 12.8 Å². The number of aliphatic hydroxyl groups is 1. The number of amides is 1. The predicted octanol–water partition coefficient (Wildman–Crippen LogP) is 1.28. The summed E-state index contributed by atoms with van der Waals surface area (Å²) in [5.41, 5.74) is -0.827. The molecule has 1 unspecified atom stereocenters. The molecule has 2 aliphatic rings. The summed E-state index contributed by atoms with van der Waals surface area (Å²) in [4.78, 5) is 14.6. The van der Waals surface area contributed by atoms with Crippen LogP contribution in [0.3, 0.4) is 0 Å². The van der Waals surface area contributed by atoms with E-state index in [9.17, 15) is 9.90 Å². The van der Waals surface area contributed by atoms with Crippen molar-refractivity contribution in [3.05, 3.63) is 0 Å². The van der Waals surface area contributed by atoms with Crippen LogP contribution in [-0.2, 0) is 4.79 Å². The average Bonchev–Trinajstić information content (AvgIpc) is 2.94. The normalized spacial score (nSPS) is 26.7. The van der Waals surface area contributed by atoms with Gasteiger partial charge >= 0.3 is 0 Å². The molecule has 4 heteroatoms. The number of hydrogen-bond acceptors (Lipinski definition) is 3.